The summed E-state index contributed by atoms with van der Waals surface area (Å²) in [5.74, 6) is 0. The van der Waals surface area contributed by atoms with Crippen molar-refractivity contribution in [2.24, 2.45) is 0 Å². The molecular weight excluding hydrogens is 305 g/mol. The highest BCUT2D eigenvalue weighted by Gasteiger charge is 2.20. The Morgan fingerprint density at radius 1 is 1.35 bits per heavy atom. The van der Waals surface area contributed by atoms with Crippen LogP contribution in [-0.4, -0.2) is 26.6 Å². The first-order valence-electron chi connectivity index (χ1n) is 5.32. The van der Waals surface area contributed by atoms with Crippen LogP contribution in [0.1, 0.15) is 18.1 Å². The van der Waals surface area contributed by atoms with E-state index >= 15 is 0 Å². The zero-order valence-electron chi connectivity index (χ0n) is 9.03. The van der Waals surface area contributed by atoms with E-state index in [4.69, 9.17) is 11.6 Å². The van der Waals surface area contributed by atoms with Crippen molar-refractivity contribution in [3.63, 3.8) is 0 Å². The van der Waals surface area contributed by atoms with E-state index in [-0.39, 0.29) is 0 Å². The minimum Gasteiger partial charge on any atom is -0.390 e. The predicted molar refractivity (Wildman–Crippen MR) is 72.7 cm³/mol. The number of alkyl halides is 1. The van der Waals surface area contributed by atoms with E-state index in [2.05, 4.69) is 20.9 Å². The molecule has 2 rings (SSSR count). The fourth-order valence-corrected chi connectivity index (χ4v) is 2.54. The average molecular weight is 319 g/mol. The molecule has 0 aliphatic carbocycles. The first-order chi connectivity index (χ1) is 8.13. The van der Waals surface area contributed by atoms with Crippen molar-refractivity contribution in [2.45, 2.75) is 18.6 Å². The van der Waals surface area contributed by atoms with Crippen LogP contribution in [0.4, 0.5) is 0 Å². The minimum absolute atomic E-state index is 0.459. The van der Waals surface area contributed by atoms with Gasteiger partial charge in [-0.25, -0.2) is 0 Å². The van der Waals surface area contributed by atoms with Crippen LogP contribution in [0.25, 0.3) is 10.9 Å². The fourth-order valence-electron chi connectivity index (χ4n) is 1.80. The van der Waals surface area contributed by atoms with E-state index < -0.39 is 12.2 Å². The molecule has 3 N–H and O–H groups in total. The van der Waals surface area contributed by atoms with Gasteiger partial charge in [-0.2, -0.15) is 0 Å². The van der Waals surface area contributed by atoms with Gasteiger partial charge in [-0.1, -0.05) is 27.5 Å². The number of nitrogens with one attached hydrogen (secondary N) is 1. The maximum absolute atomic E-state index is 10.0. The molecule has 0 fully saturated rings. The van der Waals surface area contributed by atoms with Gasteiger partial charge in [0.2, 0.25) is 0 Å². The van der Waals surface area contributed by atoms with Crippen LogP contribution in [0.2, 0.25) is 5.02 Å². The number of hydrogen-bond donors (Lipinski definition) is 3. The van der Waals surface area contributed by atoms with Crippen molar-refractivity contribution in [2.75, 3.05) is 5.33 Å². The van der Waals surface area contributed by atoms with Gasteiger partial charge in [0, 0.05) is 27.6 Å². The Morgan fingerprint density at radius 2 is 2.12 bits per heavy atom. The van der Waals surface area contributed by atoms with E-state index in [0.717, 1.165) is 10.9 Å². The van der Waals surface area contributed by atoms with Gasteiger partial charge in [0.1, 0.15) is 6.10 Å². The Bertz CT molecular complexity index is 514. The summed E-state index contributed by atoms with van der Waals surface area (Å²) in [5.41, 5.74) is 1.48. The van der Waals surface area contributed by atoms with E-state index in [9.17, 15) is 10.2 Å². The Kier molecular flexibility index (Phi) is 4.09. The predicted octanol–water partition coefficient (Wildman–Crippen LogP) is 3.00. The van der Waals surface area contributed by atoms with E-state index in [1.54, 1.807) is 12.1 Å². The average Bonchev–Trinajstić information content (AvgIpc) is 2.74. The summed E-state index contributed by atoms with van der Waals surface area (Å²) in [6.45, 7) is 0. The third kappa shape index (κ3) is 2.65. The van der Waals surface area contributed by atoms with Crippen LogP contribution in [0.5, 0.6) is 0 Å². The summed E-state index contributed by atoms with van der Waals surface area (Å²) in [4.78, 5) is 3.04. The molecule has 92 valence electrons. The van der Waals surface area contributed by atoms with E-state index in [1.807, 2.05) is 12.3 Å². The second kappa shape index (κ2) is 5.40. The quantitative estimate of drug-likeness (QED) is 0.759. The molecule has 0 amide bonds. The molecule has 1 aromatic heterocycles. The number of H-pyrrole nitrogens is 1. The highest BCUT2D eigenvalue weighted by atomic mass is 79.9. The van der Waals surface area contributed by atoms with Crippen molar-refractivity contribution in [1.82, 2.24) is 4.98 Å². The van der Waals surface area contributed by atoms with Crippen molar-refractivity contribution in [3.8, 4) is 0 Å². The SMILES string of the molecule is OC(CCBr)C(O)c1cc2cc[nH]c2cc1Cl. The molecule has 0 radical (unpaired) electrons. The Morgan fingerprint density at radius 3 is 2.82 bits per heavy atom. The minimum atomic E-state index is -0.959. The first kappa shape index (κ1) is 12.9. The summed E-state index contributed by atoms with van der Waals surface area (Å²) < 4.78 is 0. The second-order valence-electron chi connectivity index (χ2n) is 3.93. The van der Waals surface area contributed by atoms with Crippen LogP contribution in [0.15, 0.2) is 24.4 Å². The summed E-state index contributed by atoms with van der Waals surface area (Å²) in [5, 5.41) is 21.9. The third-order valence-electron chi connectivity index (χ3n) is 2.76. The van der Waals surface area contributed by atoms with Crippen molar-refractivity contribution < 1.29 is 10.2 Å². The fraction of sp³-hybridized carbons (Fsp3) is 0.333. The maximum atomic E-state index is 10.0. The van der Waals surface area contributed by atoms with Gasteiger partial charge >= 0.3 is 0 Å². The number of aliphatic hydroxyl groups excluding tert-OH is 2. The van der Waals surface area contributed by atoms with Gasteiger partial charge in [-0.05, 0) is 30.0 Å². The van der Waals surface area contributed by atoms with E-state index in [0.29, 0.717) is 22.3 Å². The van der Waals surface area contributed by atoms with Crippen molar-refractivity contribution >= 4 is 38.4 Å². The van der Waals surface area contributed by atoms with Gasteiger partial charge in [0.25, 0.3) is 0 Å². The Hall–Kier alpha value is -0.550. The zero-order chi connectivity index (χ0) is 12.4. The normalized spacial score (nSPS) is 15.1. The lowest BCUT2D eigenvalue weighted by atomic mass is 10.0. The highest BCUT2D eigenvalue weighted by molar-refractivity contribution is 9.09. The van der Waals surface area contributed by atoms with Gasteiger partial charge in [0.05, 0.1) is 6.10 Å². The van der Waals surface area contributed by atoms with Gasteiger partial charge in [-0.15, -0.1) is 0 Å². The first-order valence-corrected chi connectivity index (χ1v) is 6.82. The lowest BCUT2D eigenvalue weighted by Gasteiger charge is -2.18. The van der Waals surface area contributed by atoms with Crippen LogP contribution < -0.4 is 0 Å². The van der Waals surface area contributed by atoms with Crippen molar-refractivity contribution in [1.29, 1.82) is 0 Å². The molecule has 2 aromatic rings. The van der Waals surface area contributed by atoms with Gasteiger partial charge in [-0.3, -0.25) is 0 Å². The van der Waals surface area contributed by atoms with Gasteiger partial charge < -0.3 is 15.2 Å². The Labute approximate surface area is 113 Å². The van der Waals surface area contributed by atoms with E-state index in [1.165, 1.54) is 0 Å². The molecule has 17 heavy (non-hydrogen) atoms. The van der Waals surface area contributed by atoms with Crippen LogP contribution in [0, 0.1) is 0 Å². The number of aromatic nitrogens is 1. The molecule has 3 nitrogen and oxygen atoms in total. The zero-order valence-corrected chi connectivity index (χ0v) is 11.4. The number of fused-ring (bicyclic) bond motifs is 1. The molecule has 0 aliphatic heterocycles. The summed E-state index contributed by atoms with van der Waals surface area (Å²) >= 11 is 9.33. The van der Waals surface area contributed by atoms with Crippen LogP contribution in [0.3, 0.4) is 0 Å². The lowest BCUT2D eigenvalue weighted by molar-refractivity contribution is 0.0175. The number of halogens is 2. The lowest BCUT2D eigenvalue weighted by Crippen LogP contribution is -2.18. The monoisotopic (exact) mass is 317 g/mol. The number of aliphatic hydroxyl groups is 2. The number of rotatable bonds is 4. The largest absolute Gasteiger partial charge is 0.390 e. The molecule has 2 atom stereocenters. The summed E-state index contributed by atoms with van der Waals surface area (Å²) in [7, 11) is 0. The number of benzene rings is 1. The number of aromatic amines is 1. The molecule has 0 aliphatic rings. The maximum Gasteiger partial charge on any atom is 0.106 e. The highest BCUT2D eigenvalue weighted by Crippen LogP contribution is 2.30. The van der Waals surface area contributed by atoms with Crippen LogP contribution >= 0.6 is 27.5 Å². The smallest absolute Gasteiger partial charge is 0.106 e. The third-order valence-corrected chi connectivity index (χ3v) is 3.54. The topological polar surface area (TPSA) is 56.2 Å². The second-order valence-corrected chi connectivity index (χ2v) is 5.13. The Balaban J connectivity index is 2.36. The molecule has 1 aromatic carbocycles. The molecular formula is C12H13BrClNO2. The molecule has 1 heterocycles. The molecule has 0 spiro atoms. The van der Waals surface area contributed by atoms with Gasteiger partial charge in [0.15, 0.2) is 0 Å². The molecule has 0 saturated carbocycles. The summed E-state index contributed by atoms with van der Waals surface area (Å²) in [6, 6.07) is 5.46. The summed E-state index contributed by atoms with van der Waals surface area (Å²) in [6.07, 6.45) is 0.511. The molecule has 5 heteroatoms. The standard InChI is InChI=1S/C12H13BrClNO2/c13-3-1-11(16)12(17)8-5-7-2-4-15-10(7)6-9(8)14/h2,4-6,11-12,15-17H,1,3H2. The molecule has 0 bridgehead atoms. The number of hydrogen-bond acceptors (Lipinski definition) is 2. The van der Waals surface area contributed by atoms with Crippen molar-refractivity contribution in [3.05, 3.63) is 35.0 Å². The molecule has 2 unspecified atom stereocenters. The van der Waals surface area contributed by atoms with Crippen LogP contribution in [-0.2, 0) is 0 Å². The molecule has 0 saturated heterocycles.